The molecule has 0 atom stereocenters. The second kappa shape index (κ2) is 4.17. The minimum atomic E-state index is -4.58. The van der Waals surface area contributed by atoms with Crippen molar-refractivity contribution in [2.45, 2.75) is 12.7 Å². The topological polar surface area (TPSA) is 80.9 Å². The molecule has 2 heterocycles. The van der Waals surface area contributed by atoms with E-state index in [1.165, 1.54) is 0 Å². The molecule has 6 nitrogen and oxygen atoms in total. The molecule has 18 heavy (non-hydrogen) atoms. The molecule has 0 aliphatic carbocycles. The van der Waals surface area contributed by atoms with Gasteiger partial charge in [-0.25, -0.2) is 9.48 Å². The van der Waals surface area contributed by atoms with Crippen LogP contribution in [0.25, 0.3) is 0 Å². The monoisotopic (exact) mass is 261 g/mol. The van der Waals surface area contributed by atoms with Gasteiger partial charge in [-0.1, -0.05) is 0 Å². The van der Waals surface area contributed by atoms with Crippen LogP contribution in [0.3, 0.4) is 0 Å². The summed E-state index contributed by atoms with van der Waals surface area (Å²) in [6.07, 6.45) is -3.74. The molecule has 0 fully saturated rings. The normalized spacial score (nSPS) is 11.7. The molecule has 0 aromatic carbocycles. The summed E-state index contributed by atoms with van der Waals surface area (Å²) in [6, 6.07) is 1.84. The van der Waals surface area contributed by atoms with Gasteiger partial charge in [-0.15, -0.1) is 0 Å². The molecule has 0 saturated heterocycles. The average molecular weight is 261 g/mol. The van der Waals surface area contributed by atoms with Gasteiger partial charge in [0.1, 0.15) is 18.5 Å². The molecular weight excluding hydrogens is 255 g/mol. The van der Waals surface area contributed by atoms with E-state index >= 15 is 0 Å². The highest BCUT2D eigenvalue weighted by molar-refractivity contribution is 5.09. The van der Waals surface area contributed by atoms with Crippen molar-refractivity contribution < 1.29 is 17.6 Å². The van der Waals surface area contributed by atoms with Crippen LogP contribution in [0.15, 0.2) is 32.3 Å². The number of furan rings is 1. The molecule has 1 N–H and O–H groups in total. The Morgan fingerprint density at radius 3 is 2.61 bits per heavy atom. The molecule has 2 aromatic heterocycles. The Morgan fingerprint density at radius 1 is 1.33 bits per heavy atom. The Hall–Kier alpha value is -2.32. The molecule has 0 saturated carbocycles. The summed E-state index contributed by atoms with van der Waals surface area (Å²) in [4.78, 5) is 23.9. The van der Waals surface area contributed by atoms with E-state index in [0.29, 0.717) is 0 Å². The standard InChI is InChI=1S/C9H6F3N3O3/c10-9(11,12)6-2-1-5(18-6)4-15-8(17)14-7(16)3-13-15/h1-3H,4H2,(H,14,16,17). The van der Waals surface area contributed by atoms with Gasteiger partial charge in [-0.05, 0) is 12.1 Å². The first kappa shape index (κ1) is 12.1. The number of hydrogen-bond donors (Lipinski definition) is 1. The smallest absolute Gasteiger partial charge is 0.449 e. The van der Waals surface area contributed by atoms with Gasteiger partial charge in [0.2, 0.25) is 5.76 Å². The highest BCUT2D eigenvalue weighted by Gasteiger charge is 2.34. The molecule has 0 bridgehead atoms. The number of alkyl halides is 3. The highest BCUT2D eigenvalue weighted by atomic mass is 19.4. The van der Waals surface area contributed by atoms with Crippen LogP contribution in [0.1, 0.15) is 11.5 Å². The van der Waals surface area contributed by atoms with E-state index in [4.69, 9.17) is 0 Å². The molecule has 0 aliphatic heterocycles. The first-order valence-corrected chi connectivity index (χ1v) is 4.68. The van der Waals surface area contributed by atoms with Gasteiger partial charge in [0.05, 0.1) is 0 Å². The largest absolute Gasteiger partial charge is 0.455 e. The fraction of sp³-hybridized carbons (Fsp3) is 0.222. The van der Waals surface area contributed by atoms with Crippen molar-refractivity contribution in [1.29, 1.82) is 0 Å². The molecule has 2 aromatic rings. The molecule has 0 aliphatic rings. The van der Waals surface area contributed by atoms with Gasteiger partial charge < -0.3 is 4.42 Å². The Morgan fingerprint density at radius 2 is 2.06 bits per heavy atom. The lowest BCUT2D eigenvalue weighted by Gasteiger charge is -2.02. The Bertz CT molecular complexity index is 668. The van der Waals surface area contributed by atoms with Crippen molar-refractivity contribution in [2.24, 2.45) is 0 Å². The van der Waals surface area contributed by atoms with Crippen molar-refractivity contribution in [3.05, 3.63) is 50.7 Å². The van der Waals surface area contributed by atoms with E-state index in [0.717, 1.165) is 23.0 Å². The number of aromatic nitrogens is 3. The summed E-state index contributed by atoms with van der Waals surface area (Å²) >= 11 is 0. The fourth-order valence-corrected chi connectivity index (χ4v) is 1.25. The zero-order valence-electron chi connectivity index (χ0n) is 8.69. The van der Waals surface area contributed by atoms with E-state index in [-0.39, 0.29) is 12.3 Å². The van der Waals surface area contributed by atoms with E-state index in [1.807, 2.05) is 4.98 Å². The third-order valence-corrected chi connectivity index (χ3v) is 2.03. The fourth-order valence-electron chi connectivity index (χ4n) is 1.25. The summed E-state index contributed by atoms with van der Waals surface area (Å²) in [5, 5.41) is 3.46. The highest BCUT2D eigenvalue weighted by Crippen LogP contribution is 2.30. The van der Waals surface area contributed by atoms with Crippen LogP contribution in [-0.4, -0.2) is 14.8 Å². The van der Waals surface area contributed by atoms with Crippen molar-refractivity contribution >= 4 is 0 Å². The van der Waals surface area contributed by atoms with Crippen LogP contribution in [0.5, 0.6) is 0 Å². The number of aromatic amines is 1. The second-order valence-corrected chi connectivity index (χ2v) is 3.36. The summed E-state index contributed by atoms with van der Waals surface area (Å²) < 4.78 is 42.0. The van der Waals surface area contributed by atoms with Crippen molar-refractivity contribution in [1.82, 2.24) is 14.8 Å². The van der Waals surface area contributed by atoms with E-state index < -0.39 is 23.2 Å². The lowest BCUT2D eigenvalue weighted by molar-refractivity contribution is -0.153. The first-order chi connectivity index (χ1) is 8.36. The molecule has 9 heteroatoms. The van der Waals surface area contributed by atoms with Crippen molar-refractivity contribution in [3.63, 3.8) is 0 Å². The van der Waals surface area contributed by atoms with Gasteiger partial charge in [0, 0.05) is 0 Å². The summed E-state index contributed by atoms with van der Waals surface area (Å²) in [6.45, 7) is -0.300. The van der Waals surface area contributed by atoms with Crippen LogP contribution >= 0.6 is 0 Å². The van der Waals surface area contributed by atoms with Gasteiger partial charge in [0.25, 0.3) is 5.56 Å². The summed E-state index contributed by atoms with van der Waals surface area (Å²) in [7, 11) is 0. The number of hydrogen-bond acceptors (Lipinski definition) is 4. The number of H-pyrrole nitrogens is 1. The number of nitrogens with zero attached hydrogens (tertiary/aromatic N) is 2. The quantitative estimate of drug-likeness (QED) is 0.857. The van der Waals surface area contributed by atoms with Gasteiger partial charge >= 0.3 is 11.9 Å². The molecular formula is C9H6F3N3O3. The maximum atomic E-state index is 12.2. The van der Waals surface area contributed by atoms with Crippen molar-refractivity contribution in [3.8, 4) is 0 Å². The van der Waals surface area contributed by atoms with Crippen LogP contribution in [0.4, 0.5) is 13.2 Å². The SMILES string of the molecule is O=c1cnn(Cc2ccc(C(F)(F)F)o2)c(=O)[nH]1. The average Bonchev–Trinajstić information content (AvgIpc) is 2.70. The summed E-state index contributed by atoms with van der Waals surface area (Å²) in [5.41, 5.74) is -1.51. The molecule has 0 amide bonds. The minimum absolute atomic E-state index is 0.0935. The predicted molar refractivity (Wildman–Crippen MR) is 51.9 cm³/mol. The first-order valence-electron chi connectivity index (χ1n) is 4.68. The van der Waals surface area contributed by atoms with Crippen LogP contribution in [-0.2, 0) is 12.7 Å². The Balaban J connectivity index is 2.27. The maximum absolute atomic E-state index is 12.2. The van der Waals surface area contributed by atoms with E-state index in [9.17, 15) is 22.8 Å². The zero-order valence-corrected chi connectivity index (χ0v) is 8.69. The third kappa shape index (κ3) is 2.50. The number of rotatable bonds is 2. The number of halogens is 3. The molecule has 0 unspecified atom stereocenters. The van der Waals surface area contributed by atoms with Gasteiger partial charge in [-0.2, -0.15) is 18.3 Å². The second-order valence-electron chi connectivity index (χ2n) is 3.36. The van der Waals surface area contributed by atoms with Gasteiger partial charge in [0.15, 0.2) is 0 Å². The lowest BCUT2D eigenvalue weighted by atomic mass is 10.4. The Kier molecular flexibility index (Phi) is 2.81. The molecule has 2 rings (SSSR count). The van der Waals surface area contributed by atoms with Crippen LogP contribution in [0.2, 0.25) is 0 Å². The van der Waals surface area contributed by atoms with E-state index in [1.54, 1.807) is 0 Å². The zero-order chi connectivity index (χ0) is 13.3. The number of nitrogens with one attached hydrogen (secondary N) is 1. The third-order valence-electron chi connectivity index (χ3n) is 2.03. The molecule has 96 valence electrons. The van der Waals surface area contributed by atoms with Crippen LogP contribution in [0, 0.1) is 0 Å². The van der Waals surface area contributed by atoms with Crippen LogP contribution < -0.4 is 11.2 Å². The van der Waals surface area contributed by atoms with Crippen molar-refractivity contribution in [2.75, 3.05) is 0 Å². The minimum Gasteiger partial charge on any atom is -0.455 e. The molecule has 0 spiro atoms. The lowest BCUT2D eigenvalue weighted by Crippen LogP contribution is -2.31. The Labute approximate surface area is 96.7 Å². The molecule has 0 radical (unpaired) electrons. The van der Waals surface area contributed by atoms with Gasteiger partial charge in [-0.3, -0.25) is 9.78 Å². The predicted octanol–water partition coefficient (Wildman–Crippen LogP) is 0.592. The summed E-state index contributed by atoms with van der Waals surface area (Å²) in [5.74, 6) is -1.25. The van der Waals surface area contributed by atoms with E-state index in [2.05, 4.69) is 9.52 Å². The maximum Gasteiger partial charge on any atom is 0.449 e.